The quantitative estimate of drug-likeness (QED) is 0.658. The van der Waals surface area contributed by atoms with Gasteiger partial charge < -0.3 is 21.1 Å². The van der Waals surface area contributed by atoms with Crippen LogP contribution in [0.5, 0.6) is 11.5 Å². The third kappa shape index (κ3) is 3.68. The zero-order valence-electron chi connectivity index (χ0n) is 14.6. The van der Waals surface area contributed by atoms with Crippen LogP contribution in [0.3, 0.4) is 0 Å². The fraction of sp³-hybridized carbons (Fsp3) is 0.381. The first kappa shape index (κ1) is 18.3. The molecular formula is C21H25NO4. The van der Waals surface area contributed by atoms with E-state index in [4.69, 9.17) is 5.73 Å². The van der Waals surface area contributed by atoms with Crippen LogP contribution in [-0.4, -0.2) is 26.8 Å². The van der Waals surface area contributed by atoms with Crippen molar-refractivity contribution in [3.63, 3.8) is 0 Å². The second-order valence-corrected chi connectivity index (χ2v) is 7.30. The summed E-state index contributed by atoms with van der Waals surface area (Å²) >= 11 is 0. The summed E-state index contributed by atoms with van der Waals surface area (Å²) in [6, 6.07) is 14.2. The first-order chi connectivity index (χ1) is 12.4. The Morgan fingerprint density at radius 1 is 1.04 bits per heavy atom. The van der Waals surface area contributed by atoms with Crippen molar-refractivity contribution >= 4 is 5.97 Å². The Morgan fingerprint density at radius 2 is 1.69 bits per heavy atom. The number of benzene rings is 2. The highest BCUT2D eigenvalue weighted by atomic mass is 16.4. The standard InChI is InChI=1S/C21H25NO4/c22-21(20(25)26,13-14-4-2-1-3-5-14)16-8-6-15(7-9-16)18-11-10-17(23)12-19(18)24/h1-5,10-12,15-16,23-24H,6-9,13,22H2,(H,25,26)/t15?,16?,21-/m1/s1. The maximum atomic E-state index is 12.0. The van der Waals surface area contributed by atoms with E-state index < -0.39 is 11.5 Å². The maximum Gasteiger partial charge on any atom is 0.324 e. The Balaban J connectivity index is 1.73. The van der Waals surface area contributed by atoms with Gasteiger partial charge in [0.2, 0.25) is 0 Å². The number of carboxylic acid groups (broad SMARTS) is 1. The molecule has 5 nitrogen and oxygen atoms in total. The highest BCUT2D eigenvalue weighted by Crippen LogP contribution is 2.43. The molecule has 0 heterocycles. The number of hydrogen-bond donors (Lipinski definition) is 4. The van der Waals surface area contributed by atoms with Crippen molar-refractivity contribution in [2.45, 2.75) is 43.6 Å². The molecule has 2 aromatic carbocycles. The van der Waals surface area contributed by atoms with Gasteiger partial charge in [-0.15, -0.1) is 0 Å². The zero-order valence-corrected chi connectivity index (χ0v) is 14.6. The molecule has 0 bridgehead atoms. The van der Waals surface area contributed by atoms with Crippen LogP contribution in [0.25, 0.3) is 0 Å². The molecule has 0 aromatic heterocycles. The summed E-state index contributed by atoms with van der Waals surface area (Å²) in [6.07, 6.45) is 3.23. The molecule has 3 rings (SSSR count). The lowest BCUT2D eigenvalue weighted by molar-refractivity contribution is -0.146. The van der Waals surface area contributed by atoms with Crippen molar-refractivity contribution in [2.24, 2.45) is 11.7 Å². The van der Waals surface area contributed by atoms with Gasteiger partial charge in [-0.25, -0.2) is 0 Å². The van der Waals surface area contributed by atoms with E-state index in [0.717, 1.165) is 24.0 Å². The van der Waals surface area contributed by atoms with Gasteiger partial charge in [-0.3, -0.25) is 4.79 Å². The summed E-state index contributed by atoms with van der Waals surface area (Å²) in [6.45, 7) is 0. The van der Waals surface area contributed by atoms with Crippen molar-refractivity contribution in [2.75, 3.05) is 0 Å². The van der Waals surface area contributed by atoms with E-state index in [1.165, 1.54) is 6.07 Å². The Morgan fingerprint density at radius 3 is 2.27 bits per heavy atom. The molecule has 1 atom stereocenters. The number of carboxylic acids is 1. The first-order valence-corrected chi connectivity index (χ1v) is 8.98. The van der Waals surface area contributed by atoms with Crippen LogP contribution in [-0.2, 0) is 11.2 Å². The lowest BCUT2D eigenvalue weighted by atomic mass is 9.68. The summed E-state index contributed by atoms with van der Waals surface area (Å²) in [5.74, 6) is -0.792. The Bertz CT molecular complexity index is 769. The molecule has 0 aliphatic heterocycles. The average molecular weight is 355 g/mol. The fourth-order valence-corrected chi connectivity index (χ4v) is 4.13. The molecule has 1 aliphatic rings. The van der Waals surface area contributed by atoms with E-state index in [1.807, 2.05) is 30.3 Å². The van der Waals surface area contributed by atoms with Gasteiger partial charge in [0, 0.05) is 12.5 Å². The van der Waals surface area contributed by atoms with Gasteiger partial charge >= 0.3 is 5.97 Å². The monoisotopic (exact) mass is 355 g/mol. The van der Waals surface area contributed by atoms with Gasteiger partial charge in [0.25, 0.3) is 0 Å². The summed E-state index contributed by atoms with van der Waals surface area (Å²) in [4.78, 5) is 12.0. The second-order valence-electron chi connectivity index (χ2n) is 7.30. The van der Waals surface area contributed by atoms with E-state index >= 15 is 0 Å². The summed E-state index contributed by atoms with van der Waals surface area (Å²) in [5.41, 5.74) is 6.85. The molecule has 5 heteroatoms. The predicted octanol–water partition coefficient (Wildman–Crippen LogP) is 3.40. The number of phenolic OH excluding ortho intramolecular Hbond substituents is 2. The largest absolute Gasteiger partial charge is 0.508 e. The molecule has 1 saturated carbocycles. The summed E-state index contributed by atoms with van der Waals surface area (Å²) in [7, 11) is 0. The molecule has 1 fully saturated rings. The van der Waals surface area contributed by atoms with Gasteiger partial charge in [-0.1, -0.05) is 36.4 Å². The third-order valence-corrected chi connectivity index (χ3v) is 5.65. The van der Waals surface area contributed by atoms with Crippen LogP contribution in [0.1, 0.15) is 42.7 Å². The SMILES string of the molecule is N[C@@](Cc1ccccc1)(C(=O)O)C1CCC(c2ccc(O)cc2O)CC1. The van der Waals surface area contributed by atoms with E-state index in [9.17, 15) is 20.1 Å². The molecule has 0 saturated heterocycles. The summed E-state index contributed by atoms with van der Waals surface area (Å²) in [5, 5.41) is 29.3. The van der Waals surface area contributed by atoms with E-state index in [2.05, 4.69) is 0 Å². The number of nitrogens with two attached hydrogens (primary N) is 1. The minimum Gasteiger partial charge on any atom is -0.508 e. The number of rotatable bonds is 5. The van der Waals surface area contributed by atoms with Crippen molar-refractivity contribution in [3.8, 4) is 11.5 Å². The van der Waals surface area contributed by atoms with E-state index in [0.29, 0.717) is 19.3 Å². The minimum absolute atomic E-state index is 0.0367. The fourth-order valence-electron chi connectivity index (χ4n) is 4.13. The number of aromatic hydroxyl groups is 2. The first-order valence-electron chi connectivity index (χ1n) is 8.98. The molecule has 0 amide bonds. The van der Waals surface area contributed by atoms with Crippen molar-refractivity contribution < 1.29 is 20.1 Å². The Hall–Kier alpha value is -2.53. The molecular weight excluding hydrogens is 330 g/mol. The molecule has 0 unspecified atom stereocenters. The van der Waals surface area contributed by atoms with Gasteiger partial charge in [-0.2, -0.15) is 0 Å². The normalized spacial score (nSPS) is 22.5. The highest BCUT2D eigenvalue weighted by molar-refractivity contribution is 5.79. The van der Waals surface area contributed by atoms with Crippen LogP contribution in [0.2, 0.25) is 0 Å². The van der Waals surface area contributed by atoms with Crippen molar-refractivity contribution in [1.82, 2.24) is 0 Å². The smallest absolute Gasteiger partial charge is 0.324 e. The zero-order chi connectivity index (χ0) is 18.7. The van der Waals surface area contributed by atoms with Crippen LogP contribution < -0.4 is 5.73 Å². The van der Waals surface area contributed by atoms with E-state index in [1.54, 1.807) is 12.1 Å². The van der Waals surface area contributed by atoms with Gasteiger partial charge in [-0.05, 0) is 54.7 Å². The Kier molecular flexibility index (Phi) is 5.18. The van der Waals surface area contributed by atoms with Gasteiger partial charge in [0.05, 0.1) is 0 Å². The lowest BCUT2D eigenvalue weighted by Gasteiger charge is -2.39. The lowest BCUT2D eigenvalue weighted by Crippen LogP contribution is -2.56. The Labute approximate surface area is 153 Å². The molecule has 5 N–H and O–H groups in total. The van der Waals surface area contributed by atoms with E-state index in [-0.39, 0.29) is 23.3 Å². The van der Waals surface area contributed by atoms with Crippen molar-refractivity contribution in [3.05, 3.63) is 59.7 Å². The second kappa shape index (κ2) is 7.38. The molecule has 1 aliphatic carbocycles. The summed E-state index contributed by atoms with van der Waals surface area (Å²) < 4.78 is 0. The molecule has 26 heavy (non-hydrogen) atoms. The molecule has 138 valence electrons. The number of phenols is 2. The van der Waals surface area contributed by atoms with Crippen LogP contribution in [0.15, 0.2) is 48.5 Å². The van der Waals surface area contributed by atoms with Gasteiger partial charge in [0.1, 0.15) is 17.0 Å². The van der Waals surface area contributed by atoms with Crippen LogP contribution >= 0.6 is 0 Å². The number of hydrogen-bond acceptors (Lipinski definition) is 4. The molecule has 0 radical (unpaired) electrons. The number of aliphatic carboxylic acids is 1. The molecule has 0 spiro atoms. The van der Waals surface area contributed by atoms with Gasteiger partial charge in [0.15, 0.2) is 0 Å². The topological polar surface area (TPSA) is 104 Å². The number of carbonyl (C=O) groups is 1. The van der Waals surface area contributed by atoms with Crippen LogP contribution in [0.4, 0.5) is 0 Å². The minimum atomic E-state index is -1.29. The predicted molar refractivity (Wildman–Crippen MR) is 99.2 cm³/mol. The van der Waals surface area contributed by atoms with Crippen molar-refractivity contribution in [1.29, 1.82) is 0 Å². The highest BCUT2D eigenvalue weighted by Gasteiger charge is 2.44. The van der Waals surface area contributed by atoms with Crippen LogP contribution in [0, 0.1) is 5.92 Å². The molecule has 2 aromatic rings. The maximum absolute atomic E-state index is 12.0. The third-order valence-electron chi connectivity index (χ3n) is 5.65. The average Bonchev–Trinajstić information content (AvgIpc) is 2.62.